The fraction of sp³-hybridized carbons (Fsp3) is 1.00. The number of sulfonamides is 1. The van der Waals surface area contributed by atoms with E-state index in [9.17, 15) is 8.42 Å². The van der Waals surface area contributed by atoms with E-state index in [0.29, 0.717) is 12.8 Å². The molecule has 0 aromatic carbocycles. The highest BCUT2D eigenvalue weighted by atomic mass is 32.2. The Labute approximate surface area is 60.6 Å². The van der Waals surface area contributed by atoms with Gasteiger partial charge in [0.2, 0.25) is 10.0 Å². The molecule has 0 spiro atoms. The second-order valence-electron chi connectivity index (χ2n) is 2.78. The molecule has 60 valence electrons. The van der Waals surface area contributed by atoms with Crippen LogP contribution < -0.4 is 10.9 Å². The molecule has 0 radical (unpaired) electrons. The van der Waals surface area contributed by atoms with E-state index in [4.69, 9.17) is 10.9 Å². The Kier molecular flexibility index (Phi) is 1.98. The van der Waals surface area contributed by atoms with Crippen LogP contribution in [0.1, 0.15) is 19.3 Å². The molecular weight excluding hydrogens is 152 g/mol. The maximum Gasteiger partial charge on any atom is 0.212 e. The smallest absolute Gasteiger partial charge is 0.212 e. The average Bonchev–Trinajstić information content (AvgIpc) is 2.11. The molecule has 10 heavy (non-hydrogen) atoms. The molecule has 0 saturated heterocycles. The summed E-state index contributed by atoms with van der Waals surface area (Å²) in [5.74, 6) is 0. The minimum atomic E-state index is -3.32. The van der Waals surface area contributed by atoms with Crippen LogP contribution in [0.2, 0.25) is 0 Å². The summed E-state index contributed by atoms with van der Waals surface area (Å²) in [6.45, 7) is 0. The molecular formula is C5H12N2O2S. The van der Waals surface area contributed by atoms with Crippen LogP contribution in [0.4, 0.5) is 0 Å². The minimum absolute atomic E-state index is 0.0309. The normalized spacial score (nSPS) is 34.6. The zero-order valence-electron chi connectivity index (χ0n) is 5.66. The standard InChI is InChI=1S/C5H12N2O2S/c6-4-1-2-5(3-4)10(7,8)9/h4-5H,1-3,6H2,(H2,7,8,9)/t4-,5-/m0/s1. The van der Waals surface area contributed by atoms with Gasteiger partial charge in [0.25, 0.3) is 0 Å². The van der Waals surface area contributed by atoms with Crippen molar-refractivity contribution in [2.24, 2.45) is 10.9 Å². The van der Waals surface area contributed by atoms with E-state index in [2.05, 4.69) is 0 Å². The van der Waals surface area contributed by atoms with Crippen molar-refractivity contribution in [1.82, 2.24) is 0 Å². The van der Waals surface area contributed by atoms with Gasteiger partial charge in [-0.15, -0.1) is 0 Å². The molecule has 0 heterocycles. The predicted molar refractivity (Wildman–Crippen MR) is 38.7 cm³/mol. The molecule has 4 nitrogen and oxygen atoms in total. The van der Waals surface area contributed by atoms with Crippen molar-refractivity contribution in [2.45, 2.75) is 30.6 Å². The van der Waals surface area contributed by atoms with Crippen molar-refractivity contribution in [1.29, 1.82) is 0 Å². The third kappa shape index (κ3) is 1.68. The summed E-state index contributed by atoms with van der Waals surface area (Å²) in [6, 6.07) is 0.0309. The zero-order valence-corrected chi connectivity index (χ0v) is 6.47. The third-order valence-corrected chi connectivity index (χ3v) is 3.25. The van der Waals surface area contributed by atoms with Gasteiger partial charge in [-0.3, -0.25) is 0 Å². The van der Waals surface area contributed by atoms with Gasteiger partial charge in [0, 0.05) is 6.04 Å². The molecule has 0 bridgehead atoms. The largest absolute Gasteiger partial charge is 0.328 e. The first-order chi connectivity index (χ1) is 4.50. The zero-order chi connectivity index (χ0) is 7.78. The molecule has 1 rings (SSSR count). The molecule has 0 amide bonds. The van der Waals surface area contributed by atoms with Crippen LogP contribution >= 0.6 is 0 Å². The Morgan fingerprint density at radius 2 is 1.90 bits per heavy atom. The summed E-state index contributed by atoms with van der Waals surface area (Å²) in [5.41, 5.74) is 5.50. The van der Waals surface area contributed by atoms with Crippen LogP contribution in [0.3, 0.4) is 0 Å². The SMILES string of the molecule is N[C@H]1CC[C@H](S(N)(=O)=O)C1. The van der Waals surface area contributed by atoms with Crippen molar-refractivity contribution in [2.75, 3.05) is 0 Å². The van der Waals surface area contributed by atoms with Crippen LogP contribution in [-0.4, -0.2) is 19.7 Å². The molecule has 1 fully saturated rings. The van der Waals surface area contributed by atoms with Crippen molar-refractivity contribution >= 4 is 10.0 Å². The summed E-state index contributed by atoms with van der Waals surface area (Å²) in [5, 5.41) is 4.53. The van der Waals surface area contributed by atoms with Gasteiger partial charge in [-0.1, -0.05) is 0 Å². The molecule has 0 unspecified atom stereocenters. The van der Waals surface area contributed by atoms with E-state index in [1.54, 1.807) is 0 Å². The number of rotatable bonds is 1. The minimum Gasteiger partial charge on any atom is -0.328 e. The van der Waals surface area contributed by atoms with Gasteiger partial charge < -0.3 is 5.73 Å². The van der Waals surface area contributed by atoms with Gasteiger partial charge >= 0.3 is 0 Å². The lowest BCUT2D eigenvalue weighted by molar-refractivity contribution is 0.579. The average molecular weight is 164 g/mol. The van der Waals surface area contributed by atoms with E-state index < -0.39 is 10.0 Å². The maximum absolute atomic E-state index is 10.7. The highest BCUT2D eigenvalue weighted by Crippen LogP contribution is 2.21. The molecule has 4 N–H and O–H groups in total. The van der Waals surface area contributed by atoms with E-state index in [0.717, 1.165) is 6.42 Å². The quantitative estimate of drug-likeness (QED) is 0.529. The monoisotopic (exact) mass is 164 g/mol. The van der Waals surface area contributed by atoms with Crippen molar-refractivity contribution in [3.63, 3.8) is 0 Å². The molecule has 1 aliphatic carbocycles. The Morgan fingerprint density at radius 3 is 2.10 bits per heavy atom. The van der Waals surface area contributed by atoms with Crippen molar-refractivity contribution < 1.29 is 8.42 Å². The fourth-order valence-corrected chi connectivity index (χ4v) is 2.25. The Hall–Kier alpha value is -0.130. The predicted octanol–water partition coefficient (Wildman–Crippen LogP) is -0.845. The first-order valence-electron chi connectivity index (χ1n) is 3.27. The van der Waals surface area contributed by atoms with E-state index in [-0.39, 0.29) is 11.3 Å². The highest BCUT2D eigenvalue weighted by Gasteiger charge is 2.29. The summed E-state index contributed by atoms with van der Waals surface area (Å²) >= 11 is 0. The van der Waals surface area contributed by atoms with Gasteiger partial charge in [0.15, 0.2) is 0 Å². The Bertz CT molecular complexity index is 212. The molecule has 1 saturated carbocycles. The fourth-order valence-electron chi connectivity index (χ4n) is 1.27. The lowest BCUT2D eigenvalue weighted by Gasteiger charge is -2.04. The molecule has 0 aromatic rings. The number of nitrogens with two attached hydrogens (primary N) is 2. The Balaban J connectivity index is 2.62. The first kappa shape index (κ1) is 7.97. The second kappa shape index (κ2) is 2.48. The Morgan fingerprint density at radius 1 is 1.30 bits per heavy atom. The van der Waals surface area contributed by atoms with E-state index >= 15 is 0 Å². The molecule has 0 aromatic heterocycles. The highest BCUT2D eigenvalue weighted by molar-refractivity contribution is 7.89. The third-order valence-electron chi connectivity index (χ3n) is 1.89. The molecule has 2 atom stereocenters. The maximum atomic E-state index is 10.7. The molecule has 1 aliphatic rings. The second-order valence-corrected chi connectivity index (χ2v) is 4.63. The summed E-state index contributed by atoms with van der Waals surface area (Å²) < 4.78 is 21.4. The van der Waals surface area contributed by atoms with Gasteiger partial charge in [-0.05, 0) is 19.3 Å². The number of hydrogen-bond donors (Lipinski definition) is 2. The first-order valence-corrected chi connectivity index (χ1v) is 4.88. The van der Waals surface area contributed by atoms with Crippen LogP contribution in [-0.2, 0) is 10.0 Å². The van der Waals surface area contributed by atoms with E-state index in [1.807, 2.05) is 0 Å². The van der Waals surface area contributed by atoms with Gasteiger partial charge in [-0.2, -0.15) is 0 Å². The topological polar surface area (TPSA) is 86.2 Å². The summed E-state index contributed by atoms with van der Waals surface area (Å²) in [7, 11) is -3.32. The van der Waals surface area contributed by atoms with Crippen molar-refractivity contribution in [3.05, 3.63) is 0 Å². The summed E-state index contributed by atoms with van der Waals surface area (Å²) in [4.78, 5) is 0. The van der Waals surface area contributed by atoms with Gasteiger partial charge in [0.05, 0.1) is 5.25 Å². The summed E-state index contributed by atoms with van der Waals surface area (Å²) in [6.07, 6.45) is 1.93. The lowest BCUT2D eigenvalue weighted by atomic mass is 10.3. The van der Waals surface area contributed by atoms with Crippen LogP contribution in [0.25, 0.3) is 0 Å². The van der Waals surface area contributed by atoms with Crippen LogP contribution in [0.15, 0.2) is 0 Å². The number of hydrogen-bond acceptors (Lipinski definition) is 3. The van der Waals surface area contributed by atoms with Crippen LogP contribution in [0.5, 0.6) is 0 Å². The molecule has 5 heteroatoms. The van der Waals surface area contributed by atoms with Gasteiger partial charge in [0.1, 0.15) is 0 Å². The van der Waals surface area contributed by atoms with Crippen LogP contribution in [0, 0.1) is 0 Å². The lowest BCUT2D eigenvalue weighted by Crippen LogP contribution is -2.27. The number of primary sulfonamides is 1. The molecule has 0 aliphatic heterocycles. The van der Waals surface area contributed by atoms with E-state index in [1.165, 1.54) is 0 Å². The van der Waals surface area contributed by atoms with Gasteiger partial charge in [-0.25, -0.2) is 13.6 Å². The van der Waals surface area contributed by atoms with Crippen molar-refractivity contribution in [3.8, 4) is 0 Å².